The van der Waals surface area contributed by atoms with Crippen LogP contribution in [0.3, 0.4) is 0 Å². The number of aliphatic carboxylic acids is 1. The van der Waals surface area contributed by atoms with E-state index >= 15 is 0 Å². The maximum Gasteiger partial charge on any atom is 0.303 e. The molecular formula is C9H16O3S. The minimum Gasteiger partial charge on any atom is -0.481 e. The Labute approximate surface area is 82.9 Å². The monoisotopic (exact) mass is 204 g/mol. The Morgan fingerprint density at radius 2 is 2.23 bits per heavy atom. The van der Waals surface area contributed by atoms with Crippen molar-refractivity contribution in [1.82, 2.24) is 0 Å². The first-order valence-corrected chi connectivity index (χ1v) is 5.55. The highest BCUT2D eigenvalue weighted by molar-refractivity contribution is 7.99. The van der Waals surface area contributed by atoms with Crippen molar-refractivity contribution in [2.75, 3.05) is 11.5 Å². The Balaban J connectivity index is 3.24. The van der Waals surface area contributed by atoms with E-state index in [1.165, 1.54) is 0 Å². The van der Waals surface area contributed by atoms with Crippen molar-refractivity contribution in [2.24, 2.45) is 5.92 Å². The average Bonchev–Trinajstić information content (AvgIpc) is 2.09. The van der Waals surface area contributed by atoms with Crippen LogP contribution in [-0.2, 0) is 9.59 Å². The van der Waals surface area contributed by atoms with E-state index in [4.69, 9.17) is 5.11 Å². The van der Waals surface area contributed by atoms with Gasteiger partial charge in [0.1, 0.15) is 6.29 Å². The summed E-state index contributed by atoms with van der Waals surface area (Å²) in [6.07, 6.45) is 2.87. The van der Waals surface area contributed by atoms with Gasteiger partial charge in [0.25, 0.3) is 0 Å². The van der Waals surface area contributed by atoms with E-state index in [-0.39, 0.29) is 6.42 Å². The molecule has 0 amide bonds. The van der Waals surface area contributed by atoms with Gasteiger partial charge in [-0.2, -0.15) is 11.8 Å². The van der Waals surface area contributed by atoms with E-state index in [2.05, 4.69) is 0 Å². The number of thioether (sulfide) groups is 1. The summed E-state index contributed by atoms with van der Waals surface area (Å²) in [4.78, 5) is 20.2. The van der Waals surface area contributed by atoms with Crippen molar-refractivity contribution < 1.29 is 14.7 Å². The molecule has 76 valence electrons. The van der Waals surface area contributed by atoms with Crippen LogP contribution in [0, 0.1) is 5.92 Å². The molecule has 0 rings (SSSR count). The van der Waals surface area contributed by atoms with Crippen molar-refractivity contribution in [3.05, 3.63) is 0 Å². The van der Waals surface area contributed by atoms with Crippen molar-refractivity contribution >= 4 is 24.0 Å². The summed E-state index contributed by atoms with van der Waals surface area (Å²) in [6, 6.07) is 0. The van der Waals surface area contributed by atoms with Gasteiger partial charge in [-0.15, -0.1) is 0 Å². The fraction of sp³-hybridized carbons (Fsp3) is 0.778. The number of carboxylic acid groups (broad SMARTS) is 1. The number of hydrogen-bond acceptors (Lipinski definition) is 3. The number of carbonyl (C=O) groups is 2. The second kappa shape index (κ2) is 8.10. The van der Waals surface area contributed by atoms with Gasteiger partial charge in [0.15, 0.2) is 0 Å². The van der Waals surface area contributed by atoms with Gasteiger partial charge in [0.05, 0.1) is 0 Å². The molecule has 0 saturated heterocycles. The minimum absolute atomic E-state index is 0.250. The molecule has 1 atom stereocenters. The first-order chi connectivity index (χ1) is 6.16. The van der Waals surface area contributed by atoms with Gasteiger partial charge in [-0.1, -0.05) is 6.92 Å². The molecular weight excluding hydrogens is 188 g/mol. The van der Waals surface area contributed by atoms with Gasteiger partial charge < -0.3 is 9.90 Å². The molecule has 0 aliphatic carbocycles. The van der Waals surface area contributed by atoms with Crippen molar-refractivity contribution in [1.29, 1.82) is 0 Å². The number of rotatable bonds is 8. The summed E-state index contributed by atoms with van der Waals surface area (Å²) < 4.78 is 0. The van der Waals surface area contributed by atoms with Crippen LogP contribution in [0.25, 0.3) is 0 Å². The fourth-order valence-corrected chi connectivity index (χ4v) is 1.76. The second-order valence-corrected chi connectivity index (χ2v) is 4.22. The number of carboxylic acids is 1. The zero-order valence-electron chi connectivity index (χ0n) is 7.86. The average molecular weight is 204 g/mol. The van der Waals surface area contributed by atoms with Crippen molar-refractivity contribution in [3.63, 3.8) is 0 Å². The maximum absolute atomic E-state index is 10.2. The summed E-state index contributed by atoms with van der Waals surface area (Å²) in [5.41, 5.74) is 0. The first kappa shape index (κ1) is 12.5. The Bertz CT molecular complexity index is 159. The molecule has 0 aromatic rings. The lowest BCUT2D eigenvalue weighted by Gasteiger charge is -2.07. The Hall–Kier alpha value is -0.510. The quantitative estimate of drug-likeness (QED) is 0.484. The third kappa shape index (κ3) is 9.40. The molecule has 0 radical (unpaired) electrons. The summed E-state index contributed by atoms with van der Waals surface area (Å²) in [5.74, 6) is 1.20. The van der Waals surface area contributed by atoms with Gasteiger partial charge in [0.2, 0.25) is 0 Å². The van der Waals surface area contributed by atoms with Gasteiger partial charge in [-0.05, 0) is 24.5 Å². The lowest BCUT2D eigenvalue weighted by molar-refractivity contribution is -0.137. The fourth-order valence-electron chi connectivity index (χ4n) is 0.930. The topological polar surface area (TPSA) is 54.4 Å². The molecule has 3 nitrogen and oxygen atoms in total. The highest BCUT2D eigenvalue weighted by Gasteiger charge is 2.04. The minimum atomic E-state index is -0.729. The van der Waals surface area contributed by atoms with Gasteiger partial charge in [-0.3, -0.25) is 4.79 Å². The molecule has 0 heterocycles. The molecule has 1 unspecified atom stereocenters. The molecule has 1 N–H and O–H groups in total. The molecule has 0 aromatic carbocycles. The molecule has 13 heavy (non-hydrogen) atoms. The molecule has 0 aliphatic rings. The third-order valence-corrected chi connectivity index (χ3v) is 2.69. The maximum atomic E-state index is 10.2. The molecule has 0 aliphatic heterocycles. The smallest absolute Gasteiger partial charge is 0.303 e. The van der Waals surface area contributed by atoms with Crippen molar-refractivity contribution in [3.8, 4) is 0 Å². The van der Waals surface area contributed by atoms with Crippen LogP contribution in [0.4, 0.5) is 0 Å². The predicted octanol–water partition coefficient (Wildman–Crippen LogP) is 1.81. The number of aldehydes is 1. The highest BCUT2D eigenvalue weighted by atomic mass is 32.2. The molecule has 0 fully saturated rings. The van der Waals surface area contributed by atoms with Crippen LogP contribution in [0.5, 0.6) is 0 Å². The standard InChI is InChI=1S/C9H16O3S/c1-8(2-3-9(11)12)4-6-13-7-5-10/h5,8H,2-4,6-7H2,1H3,(H,11,12). The SMILES string of the molecule is CC(CCSCC=O)CCC(=O)O. The Morgan fingerprint density at radius 1 is 1.54 bits per heavy atom. The van der Waals surface area contributed by atoms with E-state index in [0.29, 0.717) is 11.7 Å². The lowest BCUT2D eigenvalue weighted by atomic mass is 10.0. The van der Waals surface area contributed by atoms with E-state index < -0.39 is 5.97 Å². The molecule has 0 aromatic heterocycles. The molecule has 0 saturated carbocycles. The van der Waals surface area contributed by atoms with Crippen LogP contribution >= 0.6 is 11.8 Å². The zero-order valence-corrected chi connectivity index (χ0v) is 8.68. The largest absolute Gasteiger partial charge is 0.481 e. The third-order valence-electron chi connectivity index (χ3n) is 1.79. The predicted molar refractivity (Wildman–Crippen MR) is 54.0 cm³/mol. The van der Waals surface area contributed by atoms with Gasteiger partial charge in [-0.25, -0.2) is 0 Å². The van der Waals surface area contributed by atoms with E-state index in [1.807, 2.05) is 6.92 Å². The van der Waals surface area contributed by atoms with E-state index in [0.717, 1.165) is 24.9 Å². The van der Waals surface area contributed by atoms with E-state index in [1.54, 1.807) is 11.8 Å². The van der Waals surface area contributed by atoms with Crippen LogP contribution in [0.15, 0.2) is 0 Å². The van der Waals surface area contributed by atoms with Crippen molar-refractivity contribution in [2.45, 2.75) is 26.2 Å². The Morgan fingerprint density at radius 3 is 2.77 bits per heavy atom. The van der Waals surface area contributed by atoms with Gasteiger partial charge in [0, 0.05) is 12.2 Å². The van der Waals surface area contributed by atoms with E-state index in [9.17, 15) is 9.59 Å². The zero-order chi connectivity index (χ0) is 10.1. The molecule has 0 bridgehead atoms. The van der Waals surface area contributed by atoms with Crippen LogP contribution in [0.1, 0.15) is 26.2 Å². The Kier molecular flexibility index (Phi) is 7.79. The lowest BCUT2D eigenvalue weighted by Crippen LogP contribution is -2.02. The first-order valence-electron chi connectivity index (χ1n) is 4.40. The summed E-state index contributed by atoms with van der Waals surface area (Å²) in [5, 5.41) is 8.42. The van der Waals surface area contributed by atoms with Gasteiger partial charge >= 0.3 is 5.97 Å². The van der Waals surface area contributed by atoms with Crippen LogP contribution in [-0.4, -0.2) is 28.9 Å². The van der Waals surface area contributed by atoms with Crippen LogP contribution in [0.2, 0.25) is 0 Å². The second-order valence-electron chi connectivity index (χ2n) is 3.07. The summed E-state index contributed by atoms with van der Waals surface area (Å²) in [7, 11) is 0. The molecule has 4 heteroatoms. The highest BCUT2D eigenvalue weighted by Crippen LogP contribution is 2.13. The molecule has 0 spiro atoms. The number of hydrogen-bond donors (Lipinski definition) is 1. The summed E-state index contributed by atoms with van der Waals surface area (Å²) >= 11 is 1.60. The van der Waals surface area contributed by atoms with Crippen LogP contribution < -0.4 is 0 Å². The normalized spacial score (nSPS) is 12.4. The summed E-state index contributed by atoms with van der Waals surface area (Å²) in [6.45, 7) is 2.05. The number of carbonyl (C=O) groups excluding carboxylic acids is 1.